The fourth-order valence-electron chi connectivity index (χ4n) is 1.22. The summed E-state index contributed by atoms with van der Waals surface area (Å²) in [5.74, 6) is -2.71. The summed E-state index contributed by atoms with van der Waals surface area (Å²) < 4.78 is 25.7. The molecule has 0 amide bonds. The van der Waals surface area contributed by atoms with Gasteiger partial charge in [-0.1, -0.05) is 6.07 Å². The summed E-state index contributed by atoms with van der Waals surface area (Å²) in [4.78, 5) is 18.4. The van der Waals surface area contributed by atoms with Crippen molar-refractivity contribution >= 4 is 5.78 Å². The second-order valence-corrected chi connectivity index (χ2v) is 3.02. The number of hydrogen-bond donors (Lipinski definition) is 0. The summed E-state index contributed by atoms with van der Waals surface area (Å²) in [6.45, 7) is 0. The lowest BCUT2D eigenvalue weighted by Gasteiger charge is -2.00. The van der Waals surface area contributed by atoms with Crippen LogP contribution in [0, 0.1) is 11.9 Å². The topological polar surface area (TPSA) is 42.9 Å². The summed E-state index contributed by atoms with van der Waals surface area (Å²) in [6, 6.07) is 6.67. The lowest BCUT2D eigenvalue weighted by atomic mass is 10.1. The molecule has 2 rings (SSSR count). The van der Waals surface area contributed by atoms with E-state index in [0.717, 1.165) is 12.1 Å². The fraction of sp³-hybridized carbons (Fsp3) is 0. The Morgan fingerprint density at radius 2 is 1.94 bits per heavy atom. The number of pyridine rings is 2. The molecule has 2 aromatic rings. The van der Waals surface area contributed by atoms with Gasteiger partial charge in [0.2, 0.25) is 17.7 Å². The maximum absolute atomic E-state index is 13.2. The average Bonchev–Trinajstić information content (AvgIpc) is 2.29. The highest BCUT2D eigenvalue weighted by atomic mass is 19.1. The molecule has 0 aliphatic rings. The summed E-state index contributed by atoms with van der Waals surface area (Å²) in [6.07, 6.45) is 1.42. The second kappa shape index (κ2) is 4.14. The minimum Gasteiger partial charge on any atom is -0.287 e. The molecule has 3 nitrogen and oxygen atoms in total. The zero-order chi connectivity index (χ0) is 11.5. The van der Waals surface area contributed by atoms with Gasteiger partial charge in [-0.25, -0.2) is 0 Å². The number of carbonyl (C=O) groups is 1. The van der Waals surface area contributed by atoms with Gasteiger partial charge in [0.25, 0.3) is 0 Å². The van der Waals surface area contributed by atoms with Crippen LogP contribution in [0.3, 0.4) is 0 Å². The lowest BCUT2D eigenvalue weighted by Crippen LogP contribution is -2.08. The van der Waals surface area contributed by atoms with Crippen molar-refractivity contribution in [1.82, 2.24) is 9.97 Å². The van der Waals surface area contributed by atoms with E-state index in [2.05, 4.69) is 9.97 Å². The highest BCUT2D eigenvalue weighted by Crippen LogP contribution is 2.10. The van der Waals surface area contributed by atoms with Crippen molar-refractivity contribution in [2.24, 2.45) is 0 Å². The number of nitrogens with zero attached hydrogens (tertiary/aromatic N) is 2. The van der Waals surface area contributed by atoms with E-state index >= 15 is 0 Å². The van der Waals surface area contributed by atoms with Crippen molar-refractivity contribution in [2.45, 2.75) is 0 Å². The molecule has 5 heteroatoms. The van der Waals surface area contributed by atoms with Crippen LogP contribution in [0.5, 0.6) is 0 Å². The molecule has 0 N–H and O–H groups in total. The Bertz CT molecular complexity index is 529. The van der Waals surface area contributed by atoms with Crippen LogP contribution in [0.4, 0.5) is 8.78 Å². The molecule has 0 saturated heterocycles. The van der Waals surface area contributed by atoms with Crippen LogP contribution in [0.1, 0.15) is 16.1 Å². The lowest BCUT2D eigenvalue weighted by molar-refractivity contribution is 0.102. The summed E-state index contributed by atoms with van der Waals surface area (Å²) >= 11 is 0. The van der Waals surface area contributed by atoms with Crippen LogP contribution in [-0.2, 0) is 0 Å². The highest BCUT2D eigenvalue weighted by molar-refractivity contribution is 6.07. The zero-order valence-electron chi connectivity index (χ0n) is 8.02. The van der Waals surface area contributed by atoms with Crippen LogP contribution in [0.2, 0.25) is 0 Å². The molecule has 0 aliphatic heterocycles. The van der Waals surface area contributed by atoms with E-state index in [4.69, 9.17) is 0 Å². The van der Waals surface area contributed by atoms with Crippen molar-refractivity contribution in [2.75, 3.05) is 0 Å². The van der Waals surface area contributed by atoms with E-state index in [9.17, 15) is 13.6 Å². The third kappa shape index (κ3) is 1.93. The van der Waals surface area contributed by atoms with Crippen molar-refractivity contribution in [3.63, 3.8) is 0 Å². The quantitative estimate of drug-likeness (QED) is 0.574. The highest BCUT2D eigenvalue weighted by Gasteiger charge is 2.16. The normalized spacial score (nSPS) is 10.1. The minimum absolute atomic E-state index is 0.0924. The molecular formula is C11H6F2N2O. The van der Waals surface area contributed by atoms with Crippen molar-refractivity contribution < 1.29 is 13.6 Å². The standard InChI is InChI=1S/C11H6F2N2O/c12-9-5-4-7(11(13)15-9)10(16)8-3-1-2-6-14-8/h1-6H. The van der Waals surface area contributed by atoms with Gasteiger partial charge in [-0.05, 0) is 24.3 Å². The molecule has 0 radical (unpaired) electrons. The van der Waals surface area contributed by atoms with E-state index in [0.29, 0.717) is 0 Å². The Kier molecular flexibility index (Phi) is 2.68. The molecule has 0 bridgehead atoms. The van der Waals surface area contributed by atoms with Crippen LogP contribution >= 0.6 is 0 Å². The molecule has 0 aliphatic carbocycles. The van der Waals surface area contributed by atoms with E-state index in [1.54, 1.807) is 12.1 Å². The maximum atomic E-state index is 13.2. The largest absolute Gasteiger partial charge is 0.287 e. The third-order valence-electron chi connectivity index (χ3n) is 1.96. The Morgan fingerprint density at radius 1 is 1.12 bits per heavy atom. The van der Waals surface area contributed by atoms with Crippen LogP contribution in [-0.4, -0.2) is 15.8 Å². The maximum Gasteiger partial charge on any atom is 0.226 e. The predicted molar refractivity (Wildman–Crippen MR) is 51.8 cm³/mol. The predicted octanol–water partition coefficient (Wildman–Crippen LogP) is 1.99. The summed E-state index contributed by atoms with van der Waals surface area (Å²) in [7, 11) is 0. The first-order valence-corrected chi connectivity index (χ1v) is 4.46. The SMILES string of the molecule is O=C(c1ccccn1)c1ccc(F)nc1F. The molecule has 16 heavy (non-hydrogen) atoms. The molecule has 2 heterocycles. The van der Waals surface area contributed by atoms with E-state index in [-0.39, 0.29) is 11.3 Å². The number of hydrogen-bond acceptors (Lipinski definition) is 3. The molecule has 2 aromatic heterocycles. The average molecular weight is 220 g/mol. The number of rotatable bonds is 2. The first kappa shape index (κ1) is 10.4. The van der Waals surface area contributed by atoms with Gasteiger partial charge in [0, 0.05) is 6.20 Å². The first-order valence-electron chi connectivity index (χ1n) is 4.46. The molecule has 0 saturated carbocycles. The molecular weight excluding hydrogens is 214 g/mol. The van der Waals surface area contributed by atoms with Gasteiger partial charge in [0.05, 0.1) is 5.56 Å². The van der Waals surface area contributed by atoms with Crippen LogP contribution < -0.4 is 0 Å². The van der Waals surface area contributed by atoms with E-state index in [1.807, 2.05) is 0 Å². The molecule has 0 atom stereocenters. The molecule has 0 fully saturated rings. The Morgan fingerprint density at radius 3 is 2.56 bits per heavy atom. The monoisotopic (exact) mass is 220 g/mol. The molecule has 0 spiro atoms. The van der Waals surface area contributed by atoms with Crippen molar-refractivity contribution in [1.29, 1.82) is 0 Å². The number of carbonyl (C=O) groups excluding carboxylic acids is 1. The summed E-state index contributed by atoms with van der Waals surface area (Å²) in [5.41, 5.74) is -0.199. The number of ketones is 1. The van der Waals surface area contributed by atoms with Gasteiger partial charge in [-0.3, -0.25) is 9.78 Å². The van der Waals surface area contributed by atoms with E-state index in [1.165, 1.54) is 12.3 Å². The molecule has 80 valence electrons. The Labute approximate surface area is 89.8 Å². The smallest absolute Gasteiger partial charge is 0.226 e. The third-order valence-corrected chi connectivity index (χ3v) is 1.96. The van der Waals surface area contributed by atoms with Crippen LogP contribution in [0.15, 0.2) is 36.5 Å². The Hall–Kier alpha value is -2.17. The minimum atomic E-state index is -1.13. The van der Waals surface area contributed by atoms with Crippen LogP contribution in [0.25, 0.3) is 0 Å². The van der Waals surface area contributed by atoms with Crippen molar-refractivity contribution in [3.05, 3.63) is 59.7 Å². The molecule has 0 unspecified atom stereocenters. The number of aromatic nitrogens is 2. The molecule has 0 aromatic carbocycles. The van der Waals surface area contributed by atoms with E-state index < -0.39 is 17.7 Å². The fourth-order valence-corrected chi connectivity index (χ4v) is 1.22. The Balaban J connectivity index is 2.42. The summed E-state index contributed by atoms with van der Waals surface area (Å²) in [5, 5.41) is 0. The second-order valence-electron chi connectivity index (χ2n) is 3.02. The first-order chi connectivity index (χ1) is 7.68. The van der Waals surface area contributed by atoms with Gasteiger partial charge < -0.3 is 0 Å². The van der Waals surface area contributed by atoms with Gasteiger partial charge in [0.15, 0.2) is 0 Å². The zero-order valence-corrected chi connectivity index (χ0v) is 8.02. The van der Waals surface area contributed by atoms with Crippen molar-refractivity contribution in [3.8, 4) is 0 Å². The van der Waals surface area contributed by atoms with Gasteiger partial charge >= 0.3 is 0 Å². The van der Waals surface area contributed by atoms with Gasteiger partial charge in [-0.15, -0.1) is 0 Å². The van der Waals surface area contributed by atoms with Gasteiger partial charge in [-0.2, -0.15) is 13.8 Å². The number of halogens is 2. The van der Waals surface area contributed by atoms with Gasteiger partial charge in [0.1, 0.15) is 5.69 Å².